The standard InChI is InChI=1S/C20H23ClN2O3S/c1-15(16-8-10-18(21)11-9-16)22-20(24)17-6-5-7-19(14-17)27(25,26)23-12-3-2-4-13-23/h5-11,14-15H,2-4,12-13H2,1H3,(H,22,24). The number of hydrogen-bond donors (Lipinski definition) is 1. The van der Waals surface area contributed by atoms with Crippen LogP contribution in [0.2, 0.25) is 5.02 Å². The van der Waals surface area contributed by atoms with Crippen LogP contribution >= 0.6 is 11.6 Å². The third-order valence-electron chi connectivity index (χ3n) is 4.77. The SMILES string of the molecule is CC(NC(=O)c1cccc(S(=O)(=O)N2CCCCC2)c1)c1ccc(Cl)cc1. The lowest BCUT2D eigenvalue weighted by atomic mass is 10.1. The summed E-state index contributed by atoms with van der Waals surface area (Å²) >= 11 is 5.89. The van der Waals surface area contributed by atoms with Gasteiger partial charge in [0.25, 0.3) is 5.91 Å². The van der Waals surface area contributed by atoms with Gasteiger partial charge >= 0.3 is 0 Å². The van der Waals surface area contributed by atoms with E-state index in [2.05, 4.69) is 5.32 Å². The van der Waals surface area contributed by atoms with E-state index in [0.29, 0.717) is 23.7 Å². The summed E-state index contributed by atoms with van der Waals surface area (Å²) in [4.78, 5) is 12.8. The minimum absolute atomic E-state index is 0.163. The number of halogens is 1. The molecule has 0 bridgehead atoms. The summed E-state index contributed by atoms with van der Waals surface area (Å²) in [5.74, 6) is -0.312. The van der Waals surface area contributed by atoms with Gasteiger partial charge in [0.15, 0.2) is 0 Å². The summed E-state index contributed by atoms with van der Waals surface area (Å²) in [6.45, 7) is 2.94. The van der Waals surface area contributed by atoms with Crippen molar-refractivity contribution >= 4 is 27.5 Å². The molecular formula is C20H23ClN2O3S. The fraction of sp³-hybridized carbons (Fsp3) is 0.350. The summed E-state index contributed by atoms with van der Waals surface area (Å²) in [6.07, 6.45) is 2.80. The molecule has 1 fully saturated rings. The molecule has 7 heteroatoms. The van der Waals surface area contributed by atoms with Gasteiger partial charge in [0.1, 0.15) is 0 Å². The molecule has 1 atom stereocenters. The topological polar surface area (TPSA) is 66.5 Å². The molecule has 0 saturated carbocycles. The van der Waals surface area contributed by atoms with Crippen molar-refractivity contribution < 1.29 is 13.2 Å². The van der Waals surface area contributed by atoms with Crippen LogP contribution in [0.4, 0.5) is 0 Å². The quantitative estimate of drug-likeness (QED) is 0.815. The summed E-state index contributed by atoms with van der Waals surface area (Å²) in [7, 11) is -3.56. The number of amides is 1. The second-order valence-corrected chi connectivity index (χ2v) is 9.11. The Hall–Kier alpha value is -1.89. The first-order chi connectivity index (χ1) is 12.9. The van der Waals surface area contributed by atoms with Gasteiger partial charge in [0, 0.05) is 23.7 Å². The van der Waals surface area contributed by atoms with Crippen molar-refractivity contribution in [2.45, 2.75) is 37.1 Å². The van der Waals surface area contributed by atoms with Crippen molar-refractivity contribution in [1.29, 1.82) is 0 Å². The van der Waals surface area contributed by atoms with Gasteiger partial charge in [-0.25, -0.2) is 8.42 Å². The molecular weight excluding hydrogens is 384 g/mol. The Balaban J connectivity index is 1.76. The number of nitrogens with zero attached hydrogens (tertiary/aromatic N) is 1. The molecule has 1 saturated heterocycles. The number of hydrogen-bond acceptors (Lipinski definition) is 3. The highest BCUT2D eigenvalue weighted by Crippen LogP contribution is 2.22. The van der Waals surface area contributed by atoms with Crippen molar-refractivity contribution in [3.05, 3.63) is 64.7 Å². The first kappa shape index (κ1) is 19.9. The van der Waals surface area contributed by atoms with Gasteiger partial charge in [-0.2, -0.15) is 4.31 Å². The van der Waals surface area contributed by atoms with E-state index in [1.54, 1.807) is 30.3 Å². The number of nitrogens with one attached hydrogen (secondary N) is 1. The zero-order valence-electron chi connectivity index (χ0n) is 15.2. The van der Waals surface area contributed by atoms with E-state index in [9.17, 15) is 13.2 Å². The zero-order chi connectivity index (χ0) is 19.4. The van der Waals surface area contributed by atoms with E-state index in [4.69, 9.17) is 11.6 Å². The van der Waals surface area contributed by atoms with E-state index < -0.39 is 10.0 Å². The molecule has 1 amide bonds. The Morgan fingerprint density at radius 1 is 1.07 bits per heavy atom. The van der Waals surface area contributed by atoms with Crippen LogP contribution in [0.15, 0.2) is 53.4 Å². The fourth-order valence-corrected chi connectivity index (χ4v) is 4.86. The van der Waals surface area contributed by atoms with Crippen molar-refractivity contribution in [3.8, 4) is 0 Å². The van der Waals surface area contributed by atoms with Crippen molar-refractivity contribution in [2.75, 3.05) is 13.1 Å². The molecule has 1 N–H and O–H groups in total. The van der Waals surface area contributed by atoms with E-state index in [1.165, 1.54) is 10.4 Å². The largest absolute Gasteiger partial charge is 0.346 e. The van der Waals surface area contributed by atoms with Crippen LogP contribution in [0.25, 0.3) is 0 Å². The van der Waals surface area contributed by atoms with Gasteiger partial charge in [-0.05, 0) is 55.7 Å². The van der Waals surface area contributed by atoms with Crippen LogP contribution in [0.5, 0.6) is 0 Å². The smallest absolute Gasteiger partial charge is 0.251 e. The number of benzene rings is 2. The predicted octanol–water partition coefficient (Wildman–Crippen LogP) is 4.01. The van der Waals surface area contributed by atoms with Crippen LogP contribution in [0.1, 0.15) is 48.1 Å². The first-order valence-corrected chi connectivity index (χ1v) is 10.9. The maximum absolute atomic E-state index is 12.8. The molecule has 3 rings (SSSR count). The minimum atomic E-state index is -3.56. The normalized spacial score (nSPS) is 16.7. The second-order valence-electron chi connectivity index (χ2n) is 6.74. The summed E-state index contributed by atoms with van der Waals surface area (Å²) in [5.41, 5.74) is 1.25. The third-order valence-corrected chi connectivity index (χ3v) is 6.91. The van der Waals surface area contributed by atoms with Gasteiger partial charge in [0.2, 0.25) is 10.0 Å². The third kappa shape index (κ3) is 4.69. The molecule has 2 aromatic carbocycles. The Morgan fingerprint density at radius 2 is 1.74 bits per heavy atom. The highest BCUT2D eigenvalue weighted by atomic mass is 35.5. The molecule has 0 spiro atoms. The van der Waals surface area contributed by atoms with E-state index in [1.807, 2.05) is 19.1 Å². The second kappa shape index (κ2) is 8.42. The summed E-state index contributed by atoms with van der Waals surface area (Å²) in [5, 5.41) is 3.53. The molecule has 0 radical (unpaired) electrons. The lowest BCUT2D eigenvalue weighted by molar-refractivity contribution is 0.0939. The molecule has 1 aliphatic rings. The number of carbonyl (C=O) groups is 1. The molecule has 0 aliphatic carbocycles. The number of rotatable bonds is 5. The van der Waals surface area contributed by atoms with Crippen LogP contribution in [0.3, 0.4) is 0 Å². The predicted molar refractivity (Wildman–Crippen MR) is 106 cm³/mol. The van der Waals surface area contributed by atoms with Gasteiger partial charge in [0.05, 0.1) is 10.9 Å². The van der Waals surface area contributed by atoms with E-state index in [-0.39, 0.29) is 16.8 Å². The molecule has 144 valence electrons. The summed E-state index contributed by atoms with van der Waals surface area (Å²) in [6, 6.07) is 13.2. The average molecular weight is 407 g/mol. The average Bonchev–Trinajstić information content (AvgIpc) is 2.69. The van der Waals surface area contributed by atoms with Crippen molar-refractivity contribution in [3.63, 3.8) is 0 Å². The lowest BCUT2D eigenvalue weighted by Gasteiger charge is -2.26. The first-order valence-electron chi connectivity index (χ1n) is 9.04. The van der Waals surface area contributed by atoms with Gasteiger partial charge in [-0.3, -0.25) is 4.79 Å². The molecule has 1 heterocycles. The Labute approximate surface area is 165 Å². The minimum Gasteiger partial charge on any atom is -0.346 e. The molecule has 0 aromatic heterocycles. The van der Waals surface area contributed by atoms with E-state index >= 15 is 0 Å². The van der Waals surface area contributed by atoms with Crippen LogP contribution in [-0.4, -0.2) is 31.7 Å². The monoisotopic (exact) mass is 406 g/mol. The number of sulfonamides is 1. The Bertz CT molecular complexity index is 907. The summed E-state index contributed by atoms with van der Waals surface area (Å²) < 4.78 is 27.1. The molecule has 27 heavy (non-hydrogen) atoms. The van der Waals surface area contributed by atoms with Crippen LogP contribution in [0, 0.1) is 0 Å². The number of carbonyl (C=O) groups excluding carboxylic acids is 1. The maximum atomic E-state index is 12.8. The van der Waals surface area contributed by atoms with Crippen molar-refractivity contribution in [2.24, 2.45) is 0 Å². The fourth-order valence-electron chi connectivity index (χ4n) is 3.17. The number of piperidine rings is 1. The van der Waals surface area contributed by atoms with Gasteiger partial charge in [-0.1, -0.05) is 36.2 Å². The Morgan fingerprint density at radius 3 is 2.41 bits per heavy atom. The molecule has 2 aromatic rings. The molecule has 1 unspecified atom stereocenters. The highest BCUT2D eigenvalue weighted by Gasteiger charge is 2.26. The molecule has 1 aliphatic heterocycles. The molecule has 5 nitrogen and oxygen atoms in total. The lowest BCUT2D eigenvalue weighted by Crippen LogP contribution is -2.35. The zero-order valence-corrected chi connectivity index (χ0v) is 16.8. The van der Waals surface area contributed by atoms with Gasteiger partial charge < -0.3 is 5.32 Å². The highest BCUT2D eigenvalue weighted by molar-refractivity contribution is 7.89. The van der Waals surface area contributed by atoms with Gasteiger partial charge in [-0.15, -0.1) is 0 Å². The van der Waals surface area contributed by atoms with Crippen LogP contribution < -0.4 is 5.32 Å². The van der Waals surface area contributed by atoms with E-state index in [0.717, 1.165) is 24.8 Å². The maximum Gasteiger partial charge on any atom is 0.251 e. The van der Waals surface area contributed by atoms with Crippen LogP contribution in [-0.2, 0) is 10.0 Å². The van der Waals surface area contributed by atoms with Crippen molar-refractivity contribution in [1.82, 2.24) is 9.62 Å². The Kier molecular flexibility index (Phi) is 6.19.